The highest BCUT2D eigenvalue weighted by Gasteiger charge is 2.25. The lowest BCUT2D eigenvalue weighted by Crippen LogP contribution is -2.32. The molecule has 1 aromatic rings. The fraction of sp³-hybridized carbons (Fsp3) is 0.562. The molecular weight excluding hydrogens is 238 g/mol. The predicted molar refractivity (Wildman–Crippen MR) is 76.7 cm³/mol. The minimum atomic E-state index is -0.0170. The van der Waals surface area contributed by atoms with Crippen LogP contribution in [0.1, 0.15) is 49.5 Å². The summed E-state index contributed by atoms with van der Waals surface area (Å²) in [6, 6.07) is 5.41. The van der Waals surface area contributed by atoms with Gasteiger partial charge in [0, 0.05) is 5.92 Å². The summed E-state index contributed by atoms with van der Waals surface area (Å²) in [6.07, 6.45) is 1.72. The SMILES string of the molecule is CC(C)(C)c1ccc(O)c(C(=O)C2CCNCC2)c1. The van der Waals surface area contributed by atoms with Crippen LogP contribution in [0.3, 0.4) is 0 Å². The Morgan fingerprint density at radius 3 is 2.47 bits per heavy atom. The first-order valence-corrected chi connectivity index (χ1v) is 6.98. The number of Topliss-reactive ketones (excluding diaryl/α,β-unsaturated/α-hetero) is 1. The van der Waals surface area contributed by atoms with Crippen LogP contribution in [0.4, 0.5) is 0 Å². The topological polar surface area (TPSA) is 49.3 Å². The summed E-state index contributed by atoms with van der Waals surface area (Å²) in [5.74, 6) is 0.240. The lowest BCUT2D eigenvalue weighted by Gasteiger charge is -2.24. The first-order valence-electron chi connectivity index (χ1n) is 6.98. The van der Waals surface area contributed by atoms with E-state index in [1.54, 1.807) is 6.07 Å². The molecule has 1 aromatic carbocycles. The van der Waals surface area contributed by atoms with E-state index in [1.165, 1.54) is 0 Å². The second kappa shape index (κ2) is 5.33. The molecule has 1 heterocycles. The van der Waals surface area contributed by atoms with Crippen molar-refractivity contribution in [1.29, 1.82) is 0 Å². The van der Waals surface area contributed by atoms with Crippen molar-refractivity contribution in [1.82, 2.24) is 5.32 Å². The maximum Gasteiger partial charge on any atom is 0.169 e. The quantitative estimate of drug-likeness (QED) is 0.805. The van der Waals surface area contributed by atoms with E-state index >= 15 is 0 Å². The van der Waals surface area contributed by atoms with Gasteiger partial charge in [0.1, 0.15) is 5.75 Å². The van der Waals surface area contributed by atoms with Crippen LogP contribution in [0.2, 0.25) is 0 Å². The Morgan fingerprint density at radius 1 is 1.26 bits per heavy atom. The van der Waals surface area contributed by atoms with Crippen LogP contribution >= 0.6 is 0 Å². The van der Waals surface area contributed by atoms with E-state index < -0.39 is 0 Å². The van der Waals surface area contributed by atoms with E-state index in [-0.39, 0.29) is 22.9 Å². The van der Waals surface area contributed by atoms with Crippen molar-refractivity contribution in [2.45, 2.75) is 39.0 Å². The Balaban J connectivity index is 2.30. The number of carbonyl (C=O) groups excluding carboxylic acids is 1. The van der Waals surface area contributed by atoms with Crippen LogP contribution in [0.5, 0.6) is 5.75 Å². The molecule has 19 heavy (non-hydrogen) atoms. The largest absolute Gasteiger partial charge is 0.507 e. The summed E-state index contributed by atoms with van der Waals surface area (Å²) in [5, 5.41) is 13.2. The van der Waals surface area contributed by atoms with Crippen molar-refractivity contribution in [2.24, 2.45) is 5.92 Å². The number of phenolic OH excluding ortho intramolecular Hbond substituents is 1. The zero-order valence-electron chi connectivity index (χ0n) is 12.0. The highest BCUT2D eigenvalue weighted by molar-refractivity contribution is 6.00. The first kappa shape index (κ1) is 14.1. The van der Waals surface area contributed by atoms with Gasteiger partial charge >= 0.3 is 0 Å². The number of benzene rings is 1. The molecule has 104 valence electrons. The van der Waals surface area contributed by atoms with Gasteiger partial charge in [-0.1, -0.05) is 26.8 Å². The van der Waals surface area contributed by atoms with Crippen molar-refractivity contribution >= 4 is 5.78 Å². The van der Waals surface area contributed by atoms with Gasteiger partial charge in [-0.15, -0.1) is 0 Å². The first-order chi connectivity index (χ1) is 8.89. The Bertz CT molecular complexity index is 468. The number of carbonyl (C=O) groups is 1. The van der Waals surface area contributed by atoms with Crippen LogP contribution < -0.4 is 5.32 Å². The van der Waals surface area contributed by atoms with Crippen molar-refractivity contribution in [2.75, 3.05) is 13.1 Å². The molecule has 0 amide bonds. The number of aromatic hydroxyl groups is 1. The summed E-state index contributed by atoms with van der Waals surface area (Å²) in [6.45, 7) is 8.10. The maximum atomic E-state index is 12.5. The lowest BCUT2D eigenvalue weighted by atomic mass is 9.83. The molecule has 1 aliphatic rings. The van der Waals surface area contributed by atoms with E-state index in [9.17, 15) is 9.90 Å². The smallest absolute Gasteiger partial charge is 0.169 e. The van der Waals surface area contributed by atoms with Gasteiger partial charge in [0.15, 0.2) is 5.78 Å². The minimum Gasteiger partial charge on any atom is -0.507 e. The predicted octanol–water partition coefficient (Wildman–Crippen LogP) is 2.87. The summed E-state index contributed by atoms with van der Waals surface area (Å²) < 4.78 is 0. The molecule has 0 bridgehead atoms. The Kier molecular flexibility index (Phi) is 3.95. The average molecular weight is 261 g/mol. The third kappa shape index (κ3) is 3.16. The van der Waals surface area contributed by atoms with Gasteiger partial charge in [-0.05, 0) is 49.0 Å². The normalized spacial score (nSPS) is 17.4. The van der Waals surface area contributed by atoms with Crippen molar-refractivity contribution in [3.8, 4) is 5.75 Å². The fourth-order valence-electron chi connectivity index (χ4n) is 2.50. The zero-order valence-corrected chi connectivity index (χ0v) is 12.0. The molecule has 1 aliphatic heterocycles. The molecule has 2 N–H and O–H groups in total. The zero-order chi connectivity index (χ0) is 14.0. The second-order valence-electron chi connectivity index (χ2n) is 6.37. The highest BCUT2D eigenvalue weighted by Crippen LogP contribution is 2.30. The van der Waals surface area contributed by atoms with E-state index in [0.717, 1.165) is 31.5 Å². The molecule has 3 heteroatoms. The Labute approximate surface area is 115 Å². The fourth-order valence-corrected chi connectivity index (χ4v) is 2.50. The standard InChI is InChI=1S/C16H23NO2/c1-16(2,3)12-4-5-14(18)13(10-12)15(19)11-6-8-17-9-7-11/h4-5,10-11,17-18H,6-9H2,1-3H3. The molecule has 2 rings (SSSR count). The minimum absolute atomic E-state index is 0.0170. The number of phenols is 1. The van der Waals surface area contributed by atoms with Gasteiger partial charge < -0.3 is 10.4 Å². The molecule has 0 unspecified atom stereocenters. The van der Waals surface area contributed by atoms with Crippen molar-refractivity contribution in [3.05, 3.63) is 29.3 Å². The number of piperidine rings is 1. The number of hydrogen-bond donors (Lipinski definition) is 2. The van der Waals surface area contributed by atoms with Gasteiger partial charge in [0.05, 0.1) is 5.56 Å². The number of hydrogen-bond acceptors (Lipinski definition) is 3. The molecule has 3 nitrogen and oxygen atoms in total. The lowest BCUT2D eigenvalue weighted by molar-refractivity contribution is 0.0892. The van der Waals surface area contributed by atoms with E-state index in [4.69, 9.17) is 0 Å². The Hall–Kier alpha value is -1.35. The summed E-state index contributed by atoms with van der Waals surface area (Å²) in [4.78, 5) is 12.5. The van der Waals surface area contributed by atoms with Gasteiger partial charge in [0.2, 0.25) is 0 Å². The molecule has 0 aromatic heterocycles. The third-order valence-electron chi connectivity index (χ3n) is 3.84. The van der Waals surface area contributed by atoms with Crippen molar-refractivity contribution in [3.63, 3.8) is 0 Å². The van der Waals surface area contributed by atoms with Crippen LogP contribution in [-0.4, -0.2) is 24.0 Å². The van der Waals surface area contributed by atoms with Gasteiger partial charge in [-0.25, -0.2) is 0 Å². The van der Waals surface area contributed by atoms with Crippen LogP contribution in [0.15, 0.2) is 18.2 Å². The molecule has 0 radical (unpaired) electrons. The molecular formula is C16H23NO2. The number of rotatable bonds is 2. The van der Waals surface area contributed by atoms with Crippen LogP contribution in [0, 0.1) is 5.92 Å². The second-order valence-corrected chi connectivity index (χ2v) is 6.37. The van der Waals surface area contributed by atoms with Crippen LogP contribution in [-0.2, 0) is 5.41 Å². The Morgan fingerprint density at radius 2 is 1.89 bits per heavy atom. The molecule has 1 saturated heterocycles. The maximum absolute atomic E-state index is 12.5. The van der Waals surface area contributed by atoms with E-state index in [1.807, 2.05) is 12.1 Å². The van der Waals surface area contributed by atoms with Gasteiger partial charge in [-0.2, -0.15) is 0 Å². The average Bonchev–Trinajstić information content (AvgIpc) is 2.38. The summed E-state index contributed by atoms with van der Waals surface area (Å²) >= 11 is 0. The van der Waals surface area contributed by atoms with E-state index in [2.05, 4.69) is 26.1 Å². The molecule has 0 saturated carbocycles. The molecule has 1 fully saturated rings. The van der Waals surface area contributed by atoms with Gasteiger partial charge in [0.25, 0.3) is 0 Å². The highest BCUT2D eigenvalue weighted by atomic mass is 16.3. The van der Waals surface area contributed by atoms with E-state index in [0.29, 0.717) is 5.56 Å². The molecule has 0 spiro atoms. The monoisotopic (exact) mass is 261 g/mol. The van der Waals surface area contributed by atoms with Crippen LogP contribution in [0.25, 0.3) is 0 Å². The number of ketones is 1. The van der Waals surface area contributed by atoms with Gasteiger partial charge in [-0.3, -0.25) is 4.79 Å². The summed E-state index contributed by atoms with van der Waals surface area (Å²) in [5.41, 5.74) is 1.55. The number of nitrogens with one attached hydrogen (secondary N) is 1. The summed E-state index contributed by atoms with van der Waals surface area (Å²) in [7, 11) is 0. The third-order valence-corrected chi connectivity index (χ3v) is 3.84. The van der Waals surface area contributed by atoms with Crippen molar-refractivity contribution < 1.29 is 9.90 Å². The molecule has 0 aliphatic carbocycles. The molecule has 0 atom stereocenters.